The van der Waals surface area contributed by atoms with Crippen LogP contribution >= 0.6 is 0 Å². The van der Waals surface area contributed by atoms with E-state index in [0.717, 1.165) is 18.8 Å². The largest absolute Gasteiger partial charge is 0.371 e. The van der Waals surface area contributed by atoms with Gasteiger partial charge in [-0.15, -0.1) is 0 Å². The van der Waals surface area contributed by atoms with Crippen molar-refractivity contribution in [1.82, 2.24) is 9.88 Å². The predicted molar refractivity (Wildman–Crippen MR) is 76.0 cm³/mol. The number of likely N-dealkylation sites (tertiary alicyclic amines) is 1. The Morgan fingerprint density at radius 3 is 2.70 bits per heavy atom. The van der Waals surface area contributed by atoms with Crippen LogP contribution in [0.2, 0.25) is 0 Å². The molecule has 1 aliphatic heterocycles. The van der Waals surface area contributed by atoms with Crippen molar-refractivity contribution in [2.24, 2.45) is 11.8 Å². The number of aromatic nitrogens is 1. The van der Waals surface area contributed by atoms with Crippen molar-refractivity contribution in [3.8, 4) is 6.07 Å². The highest BCUT2D eigenvalue weighted by Crippen LogP contribution is 2.50. The Balaban J connectivity index is 2.08. The Hall–Kier alpha value is -1.44. The summed E-state index contributed by atoms with van der Waals surface area (Å²) in [4.78, 5) is 6.97. The van der Waals surface area contributed by atoms with Crippen molar-refractivity contribution < 1.29 is 4.74 Å². The summed E-state index contributed by atoms with van der Waals surface area (Å²) < 4.78 is 6.08. The number of nitrogens with zero attached hydrogens (tertiary/aromatic N) is 3. The molecular weight excluding hydrogens is 250 g/mol. The molecule has 4 heteroatoms. The number of rotatable bonds is 2. The van der Waals surface area contributed by atoms with Crippen LogP contribution in [0.15, 0.2) is 18.3 Å². The molecule has 2 bridgehead atoms. The number of nitriles is 1. The van der Waals surface area contributed by atoms with Crippen LogP contribution in [0.3, 0.4) is 0 Å². The highest BCUT2D eigenvalue weighted by atomic mass is 16.5. The second kappa shape index (κ2) is 5.16. The van der Waals surface area contributed by atoms with E-state index >= 15 is 0 Å². The lowest BCUT2D eigenvalue weighted by molar-refractivity contribution is -0.168. The summed E-state index contributed by atoms with van der Waals surface area (Å²) in [5.41, 5.74) is 1.31. The summed E-state index contributed by atoms with van der Waals surface area (Å²) in [6, 6.07) is 5.89. The summed E-state index contributed by atoms with van der Waals surface area (Å²) in [7, 11) is 3.99. The van der Waals surface area contributed by atoms with Crippen LogP contribution in [-0.2, 0) is 10.3 Å². The fraction of sp³-hybridized carbons (Fsp3) is 0.625. The fourth-order valence-corrected chi connectivity index (χ4v) is 4.22. The summed E-state index contributed by atoms with van der Waals surface area (Å²) >= 11 is 0. The molecule has 1 aromatic rings. The Bertz CT molecular complexity index is 523. The molecule has 4 nitrogen and oxygen atoms in total. The van der Waals surface area contributed by atoms with Gasteiger partial charge in [0.25, 0.3) is 0 Å². The van der Waals surface area contributed by atoms with Crippen molar-refractivity contribution in [2.75, 3.05) is 27.2 Å². The van der Waals surface area contributed by atoms with Crippen molar-refractivity contribution in [2.45, 2.75) is 24.9 Å². The molecule has 1 saturated carbocycles. The molecule has 0 aromatic carbocycles. The molecule has 3 atom stereocenters. The number of hydrogen-bond acceptors (Lipinski definition) is 4. The van der Waals surface area contributed by atoms with E-state index in [1.54, 1.807) is 19.4 Å². The molecule has 2 heterocycles. The van der Waals surface area contributed by atoms with E-state index in [2.05, 4.69) is 23.0 Å². The quantitative estimate of drug-likeness (QED) is 0.827. The lowest BCUT2D eigenvalue weighted by Gasteiger charge is -2.54. The average Bonchev–Trinajstić information content (AvgIpc) is 2.46. The Kier molecular flexibility index (Phi) is 3.49. The Labute approximate surface area is 120 Å². The molecule has 1 aliphatic carbocycles. The molecule has 3 rings (SSSR count). The third-order valence-corrected chi connectivity index (χ3v) is 5.01. The van der Waals surface area contributed by atoms with E-state index in [9.17, 15) is 0 Å². The van der Waals surface area contributed by atoms with E-state index < -0.39 is 0 Å². The Morgan fingerprint density at radius 1 is 1.40 bits per heavy atom. The van der Waals surface area contributed by atoms with Crippen LogP contribution in [0.4, 0.5) is 0 Å². The zero-order chi connectivity index (χ0) is 14.2. The molecule has 106 valence electrons. The Morgan fingerprint density at radius 2 is 2.10 bits per heavy atom. The monoisotopic (exact) mass is 271 g/mol. The third kappa shape index (κ3) is 1.93. The predicted octanol–water partition coefficient (Wildman–Crippen LogP) is 2.16. The lowest BCUT2D eigenvalue weighted by atomic mass is 9.63. The zero-order valence-corrected chi connectivity index (χ0v) is 12.2. The first-order valence-corrected chi connectivity index (χ1v) is 7.31. The molecule has 0 amide bonds. The van der Waals surface area contributed by atoms with E-state index in [1.165, 1.54) is 19.3 Å². The topological polar surface area (TPSA) is 49.1 Å². The van der Waals surface area contributed by atoms with Crippen LogP contribution in [0.25, 0.3) is 0 Å². The first-order chi connectivity index (χ1) is 9.70. The summed E-state index contributed by atoms with van der Waals surface area (Å²) in [6.07, 6.45) is 5.36. The van der Waals surface area contributed by atoms with Crippen LogP contribution in [0.5, 0.6) is 0 Å². The standard InChI is InChI=1S/C16H21N3O/c1-19-10-13-4-3-5-14(11-19)16(13,20-2)15-8-12(9-17)6-7-18-15/h6-8,13-14H,3-5,10-11H2,1-2H3/t13-,14+,16-. The maximum Gasteiger partial charge on any atom is 0.118 e. The summed E-state index contributed by atoms with van der Waals surface area (Å²) in [5.74, 6) is 0.929. The van der Waals surface area contributed by atoms with Gasteiger partial charge in [-0.25, -0.2) is 0 Å². The van der Waals surface area contributed by atoms with E-state index in [-0.39, 0.29) is 5.60 Å². The molecule has 20 heavy (non-hydrogen) atoms. The van der Waals surface area contributed by atoms with Crippen LogP contribution in [0.1, 0.15) is 30.5 Å². The van der Waals surface area contributed by atoms with Crippen molar-refractivity contribution in [3.63, 3.8) is 0 Å². The molecule has 1 aromatic heterocycles. The van der Waals surface area contributed by atoms with Crippen LogP contribution in [-0.4, -0.2) is 37.1 Å². The van der Waals surface area contributed by atoms with Gasteiger partial charge in [0.15, 0.2) is 0 Å². The van der Waals surface area contributed by atoms with Gasteiger partial charge < -0.3 is 9.64 Å². The molecule has 2 fully saturated rings. The zero-order valence-electron chi connectivity index (χ0n) is 12.2. The van der Waals surface area contributed by atoms with Crippen molar-refractivity contribution in [3.05, 3.63) is 29.6 Å². The molecule has 1 saturated heterocycles. The van der Waals surface area contributed by atoms with Crippen molar-refractivity contribution >= 4 is 0 Å². The third-order valence-electron chi connectivity index (χ3n) is 5.01. The average molecular weight is 271 g/mol. The first kappa shape index (κ1) is 13.5. The molecule has 0 spiro atoms. The number of fused-ring (bicyclic) bond motifs is 2. The number of ether oxygens (including phenoxy) is 1. The highest BCUT2D eigenvalue weighted by molar-refractivity contribution is 5.32. The normalized spacial score (nSPS) is 33.6. The molecular formula is C16H21N3O. The first-order valence-electron chi connectivity index (χ1n) is 7.31. The van der Waals surface area contributed by atoms with Gasteiger partial charge in [-0.1, -0.05) is 6.42 Å². The van der Waals surface area contributed by atoms with E-state index in [4.69, 9.17) is 10.00 Å². The second-order valence-electron chi connectivity index (χ2n) is 6.08. The van der Waals surface area contributed by atoms with Crippen LogP contribution in [0, 0.1) is 23.2 Å². The minimum Gasteiger partial charge on any atom is -0.371 e. The summed E-state index contributed by atoms with van der Waals surface area (Å²) in [5, 5.41) is 9.14. The maximum absolute atomic E-state index is 9.14. The maximum atomic E-state index is 9.14. The van der Waals surface area contributed by atoms with Gasteiger partial charge in [-0.2, -0.15) is 5.26 Å². The minimum absolute atomic E-state index is 0.308. The molecule has 0 unspecified atom stereocenters. The van der Waals surface area contributed by atoms with Crippen LogP contribution < -0.4 is 0 Å². The molecule has 2 aliphatic rings. The summed E-state index contributed by atoms with van der Waals surface area (Å²) in [6.45, 7) is 2.09. The number of hydrogen-bond donors (Lipinski definition) is 0. The van der Waals surface area contributed by atoms with Gasteiger partial charge in [0.05, 0.1) is 17.3 Å². The van der Waals surface area contributed by atoms with Gasteiger partial charge in [0.1, 0.15) is 5.60 Å². The molecule has 0 N–H and O–H groups in total. The number of piperidine rings is 1. The SMILES string of the molecule is CO[C@]1(c2cc(C#N)ccn2)[C@@H]2CCC[C@H]1CN(C)C2. The number of methoxy groups -OCH3 is 1. The lowest BCUT2D eigenvalue weighted by Crippen LogP contribution is -2.58. The highest BCUT2D eigenvalue weighted by Gasteiger charge is 2.53. The number of pyridine rings is 1. The van der Waals surface area contributed by atoms with Gasteiger partial charge in [-0.3, -0.25) is 4.98 Å². The smallest absolute Gasteiger partial charge is 0.118 e. The van der Waals surface area contributed by atoms with Gasteiger partial charge in [-0.05, 0) is 32.0 Å². The van der Waals surface area contributed by atoms with Crippen molar-refractivity contribution in [1.29, 1.82) is 5.26 Å². The molecule has 0 radical (unpaired) electrons. The minimum atomic E-state index is -0.308. The van der Waals surface area contributed by atoms with Gasteiger partial charge in [0, 0.05) is 38.2 Å². The van der Waals surface area contributed by atoms with E-state index in [1.807, 2.05) is 6.07 Å². The van der Waals surface area contributed by atoms with Gasteiger partial charge >= 0.3 is 0 Å². The fourth-order valence-electron chi connectivity index (χ4n) is 4.22. The second-order valence-corrected chi connectivity index (χ2v) is 6.08. The van der Waals surface area contributed by atoms with E-state index in [0.29, 0.717) is 17.4 Å². The van der Waals surface area contributed by atoms with Gasteiger partial charge in [0.2, 0.25) is 0 Å².